The van der Waals surface area contributed by atoms with E-state index >= 15 is 0 Å². The van der Waals surface area contributed by atoms with Gasteiger partial charge in [0.05, 0.1) is 18.5 Å². The van der Waals surface area contributed by atoms with Crippen molar-refractivity contribution >= 4 is 17.8 Å². The highest BCUT2D eigenvalue weighted by molar-refractivity contribution is 5.96. The van der Waals surface area contributed by atoms with Crippen molar-refractivity contribution in [1.82, 2.24) is 9.80 Å². The van der Waals surface area contributed by atoms with Gasteiger partial charge in [-0.3, -0.25) is 14.5 Å². The third kappa shape index (κ3) is 5.02. The van der Waals surface area contributed by atoms with Crippen LogP contribution in [0.15, 0.2) is 0 Å². The van der Waals surface area contributed by atoms with Crippen LogP contribution >= 0.6 is 0 Å². The molecule has 0 aromatic rings. The number of carbonyl (C=O) groups excluding carboxylic acids is 3. The summed E-state index contributed by atoms with van der Waals surface area (Å²) in [5, 5.41) is 0. The highest BCUT2D eigenvalue weighted by atomic mass is 16.6. The normalized spacial score (nSPS) is 23.0. The average molecular weight is 298 g/mol. The summed E-state index contributed by atoms with van der Waals surface area (Å²) in [7, 11) is 0. The first kappa shape index (κ1) is 17.5. The molecule has 0 bridgehead atoms. The van der Waals surface area contributed by atoms with Gasteiger partial charge in [-0.2, -0.15) is 0 Å². The molecule has 0 saturated carbocycles. The van der Waals surface area contributed by atoms with Gasteiger partial charge in [0, 0.05) is 13.1 Å². The fourth-order valence-electron chi connectivity index (χ4n) is 2.53. The molecule has 21 heavy (non-hydrogen) atoms. The smallest absolute Gasteiger partial charge is 0.410 e. The molecule has 6 heteroatoms. The van der Waals surface area contributed by atoms with Crippen molar-refractivity contribution in [3.63, 3.8) is 0 Å². The highest BCUT2D eigenvalue weighted by Gasteiger charge is 2.37. The van der Waals surface area contributed by atoms with E-state index in [1.807, 2.05) is 34.6 Å². The number of amides is 2. The van der Waals surface area contributed by atoms with Crippen LogP contribution in [0.3, 0.4) is 0 Å². The summed E-state index contributed by atoms with van der Waals surface area (Å²) in [6.07, 6.45) is -0.438. The van der Waals surface area contributed by atoms with Crippen LogP contribution in [0.2, 0.25) is 0 Å². The van der Waals surface area contributed by atoms with Crippen molar-refractivity contribution in [1.29, 1.82) is 0 Å². The lowest BCUT2D eigenvalue weighted by Gasteiger charge is -2.44. The predicted octanol–water partition coefficient (Wildman–Crippen LogP) is 1.82. The van der Waals surface area contributed by atoms with Gasteiger partial charge in [0.2, 0.25) is 5.91 Å². The number of ether oxygens (including phenoxy) is 1. The average Bonchev–Trinajstić information content (AvgIpc) is 2.23. The number of carbonyl (C=O) groups is 3. The summed E-state index contributed by atoms with van der Waals surface area (Å²) in [6.45, 7) is 11.5. The maximum absolute atomic E-state index is 12.2. The Morgan fingerprint density at radius 2 is 1.57 bits per heavy atom. The number of rotatable bonds is 2. The van der Waals surface area contributed by atoms with Crippen LogP contribution in [-0.2, 0) is 14.3 Å². The third-order valence-electron chi connectivity index (χ3n) is 3.28. The van der Waals surface area contributed by atoms with Crippen molar-refractivity contribution in [2.75, 3.05) is 13.1 Å². The molecule has 1 heterocycles. The summed E-state index contributed by atoms with van der Waals surface area (Å²) >= 11 is 0. The van der Waals surface area contributed by atoms with Gasteiger partial charge >= 0.3 is 6.09 Å². The lowest BCUT2D eigenvalue weighted by Crippen LogP contribution is -2.60. The molecule has 1 aliphatic rings. The molecule has 0 N–H and O–H groups in total. The maximum atomic E-state index is 12.2. The lowest BCUT2D eigenvalue weighted by molar-refractivity contribution is -0.138. The van der Waals surface area contributed by atoms with Crippen molar-refractivity contribution in [2.45, 2.75) is 65.6 Å². The van der Waals surface area contributed by atoms with Gasteiger partial charge in [0.25, 0.3) is 0 Å². The molecular formula is C15H26N2O4. The van der Waals surface area contributed by atoms with Crippen LogP contribution in [0.4, 0.5) is 4.79 Å². The second-order valence-electron chi connectivity index (χ2n) is 6.76. The molecule has 0 aromatic carbocycles. The standard InChI is InChI=1S/C15H26N2O4/c1-10-8-16(13(19)7-12(3)18)9-11(2)17(10)14(20)21-15(4,5)6/h10-11H,7-9H2,1-6H3. The third-order valence-corrected chi connectivity index (χ3v) is 3.28. The lowest BCUT2D eigenvalue weighted by atomic mass is 10.1. The molecule has 2 atom stereocenters. The molecule has 1 saturated heterocycles. The molecule has 1 rings (SSSR count). The van der Waals surface area contributed by atoms with E-state index in [1.165, 1.54) is 6.92 Å². The SMILES string of the molecule is CC(=O)CC(=O)N1CC(C)N(C(=O)OC(C)(C)C)C(C)C1. The second-order valence-corrected chi connectivity index (χ2v) is 6.76. The fourth-order valence-corrected chi connectivity index (χ4v) is 2.53. The Morgan fingerprint density at radius 1 is 1.10 bits per heavy atom. The van der Waals surface area contributed by atoms with Crippen molar-refractivity contribution in [3.05, 3.63) is 0 Å². The zero-order valence-corrected chi connectivity index (χ0v) is 13.8. The minimum absolute atomic E-state index is 0.0775. The first-order valence-corrected chi connectivity index (χ1v) is 7.29. The number of hydrogen-bond donors (Lipinski definition) is 0. The van der Waals surface area contributed by atoms with Gasteiger partial charge in [-0.05, 0) is 41.5 Å². The Morgan fingerprint density at radius 3 is 1.95 bits per heavy atom. The van der Waals surface area contributed by atoms with Crippen LogP contribution < -0.4 is 0 Å². The minimum Gasteiger partial charge on any atom is -0.444 e. The Bertz CT molecular complexity index is 416. The molecule has 1 aliphatic heterocycles. The van der Waals surface area contributed by atoms with Crippen LogP contribution in [-0.4, -0.2) is 58.4 Å². The van der Waals surface area contributed by atoms with E-state index in [0.717, 1.165) is 0 Å². The van der Waals surface area contributed by atoms with Crippen LogP contribution in [0.25, 0.3) is 0 Å². The molecule has 120 valence electrons. The van der Waals surface area contributed by atoms with Crippen molar-refractivity contribution in [2.24, 2.45) is 0 Å². The highest BCUT2D eigenvalue weighted by Crippen LogP contribution is 2.20. The number of ketones is 1. The summed E-state index contributed by atoms with van der Waals surface area (Å²) in [5.74, 6) is -0.320. The number of nitrogens with zero attached hydrogens (tertiary/aromatic N) is 2. The summed E-state index contributed by atoms with van der Waals surface area (Å²) in [6, 6.07) is -0.279. The zero-order valence-electron chi connectivity index (χ0n) is 13.8. The molecule has 0 spiro atoms. The first-order chi connectivity index (χ1) is 9.51. The van der Waals surface area contributed by atoms with Gasteiger partial charge in [-0.1, -0.05) is 0 Å². The predicted molar refractivity (Wildman–Crippen MR) is 78.9 cm³/mol. The molecular weight excluding hydrogens is 272 g/mol. The van der Waals surface area contributed by atoms with Gasteiger partial charge in [0.15, 0.2) is 0 Å². The monoisotopic (exact) mass is 298 g/mol. The zero-order chi connectivity index (χ0) is 16.4. The van der Waals surface area contributed by atoms with E-state index in [2.05, 4.69) is 0 Å². The van der Waals surface area contributed by atoms with Crippen LogP contribution in [0, 0.1) is 0 Å². The van der Waals surface area contributed by atoms with Gasteiger partial charge in [-0.25, -0.2) is 4.79 Å². The molecule has 6 nitrogen and oxygen atoms in total. The molecule has 0 aromatic heterocycles. The topological polar surface area (TPSA) is 66.9 Å². The molecule has 0 aliphatic carbocycles. The Balaban J connectivity index is 2.72. The van der Waals surface area contributed by atoms with Gasteiger partial charge in [0.1, 0.15) is 11.4 Å². The number of Topliss-reactive ketones (excluding diaryl/α,β-unsaturated/α-hetero) is 1. The number of piperazine rings is 1. The summed E-state index contributed by atoms with van der Waals surface area (Å²) in [5.41, 5.74) is -0.544. The van der Waals surface area contributed by atoms with Gasteiger partial charge in [-0.15, -0.1) is 0 Å². The molecule has 1 fully saturated rings. The van der Waals surface area contributed by atoms with E-state index in [9.17, 15) is 14.4 Å². The first-order valence-electron chi connectivity index (χ1n) is 7.29. The maximum Gasteiger partial charge on any atom is 0.410 e. The fraction of sp³-hybridized carbons (Fsp3) is 0.800. The van der Waals surface area contributed by atoms with Crippen LogP contribution in [0.1, 0.15) is 48.0 Å². The van der Waals surface area contributed by atoms with Crippen LogP contribution in [0.5, 0.6) is 0 Å². The summed E-state index contributed by atoms with van der Waals surface area (Å²) < 4.78 is 5.41. The summed E-state index contributed by atoms with van der Waals surface area (Å²) in [4.78, 5) is 38.6. The van der Waals surface area contributed by atoms with E-state index < -0.39 is 5.60 Å². The number of hydrogen-bond acceptors (Lipinski definition) is 4. The largest absolute Gasteiger partial charge is 0.444 e. The Kier molecular flexibility index (Phi) is 5.36. The molecule has 0 radical (unpaired) electrons. The molecule has 2 amide bonds. The van der Waals surface area contributed by atoms with E-state index in [4.69, 9.17) is 4.74 Å². The Labute approximate surface area is 126 Å². The van der Waals surface area contributed by atoms with Crippen molar-refractivity contribution < 1.29 is 19.1 Å². The van der Waals surface area contributed by atoms with E-state index in [0.29, 0.717) is 13.1 Å². The van der Waals surface area contributed by atoms with E-state index in [-0.39, 0.29) is 36.3 Å². The minimum atomic E-state index is -0.544. The molecule has 2 unspecified atom stereocenters. The van der Waals surface area contributed by atoms with Gasteiger partial charge < -0.3 is 9.64 Å². The Hall–Kier alpha value is -1.59. The van der Waals surface area contributed by atoms with E-state index in [1.54, 1.807) is 9.80 Å². The quantitative estimate of drug-likeness (QED) is 0.729. The van der Waals surface area contributed by atoms with Crippen molar-refractivity contribution in [3.8, 4) is 0 Å². The second kappa shape index (κ2) is 6.45.